The standard InChI is InChI=1S/C19H20N4O3/c1-3-26-17-11-14(9-10-16(17)25-2)19(24)20-12-18-22-21-13-23(18)15-7-5-4-6-8-15/h4-11,13H,3,12H2,1-2H3,(H,20,24). The Morgan fingerprint density at radius 2 is 1.96 bits per heavy atom. The van der Waals surface area contributed by atoms with Crippen molar-refractivity contribution >= 4 is 5.91 Å². The molecule has 0 aliphatic rings. The Bertz CT molecular complexity index is 878. The van der Waals surface area contributed by atoms with Crippen LogP contribution in [0.5, 0.6) is 11.5 Å². The zero-order valence-corrected chi connectivity index (χ0v) is 14.7. The zero-order chi connectivity index (χ0) is 18.4. The van der Waals surface area contributed by atoms with Crippen molar-refractivity contribution in [1.29, 1.82) is 0 Å². The molecular formula is C19H20N4O3. The number of methoxy groups -OCH3 is 1. The van der Waals surface area contributed by atoms with Gasteiger partial charge in [-0.3, -0.25) is 9.36 Å². The van der Waals surface area contributed by atoms with Crippen LogP contribution >= 0.6 is 0 Å². The highest BCUT2D eigenvalue weighted by Crippen LogP contribution is 2.28. The monoisotopic (exact) mass is 352 g/mol. The van der Waals surface area contributed by atoms with Crippen molar-refractivity contribution in [2.24, 2.45) is 0 Å². The Kier molecular flexibility index (Phi) is 5.48. The summed E-state index contributed by atoms with van der Waals surface area (Å²) in [4.78, 5) is 12.5. The number of nitrogens with one attached hydrogen (secondary N) is 1. The number of ether oxygens (including phenoxy) is 2. The molecule has 1 aromatic heterocycles. The van der Waals surface area contributed by atoms with E-state index in [-0.39, 0.29) is 12.5 Å². The van der Waals surface area contributed by atoms with E-state index in [1.165, 1.54) is 0 Å². The molecule has 0 radical (unpaired) electrons. The molecule has 1 amide bonds. The normalized spacial score (nSPS) is 10.4. The summed E-state index contributed by atoms with van der Waals surface area (Å²) in [5.41, 5.74) is 1.42. The molecule has 3 aromatic rings. The first kappa shape index (κ1) is 17.5. The van der Waals surface area contributed by atoms with Crippen LogP contribution in [-0.4, -0.2) is 34.4 Å². The van der Waals surface area contributed by atoms with Gasteiger partial charge in [0.2, 0.25) is 0 Å². The van der Waals surface area contributed by atoms with Crippen molar-refractivity contribution < 1.29 is 14.3 Å². The number of aromatic nitrogens is 3. The van der Waals surface area contributed by atoms with Crippen molar-refractivity contribution in [3.05, 3.63) is 66.2 Å². The van der Waals surface area contributed by atoms with Crippen LogP contribution in [0.4, 0.5) is 0 Å². The average molecular weight is 352 g/mol. The maximum absolute atomic E-state index is 12.5. The van der Waals surface area contributed by atoms with Crippen molar-refractivity contribution in [2.75, 3.05) is 13.7 Å². The maximum atomic E-state index is 12.5. The quantitative estimate of drug-likeness (QED) is 0.707. The van der Waals surface area contributed by atoms with E-state index < -0.39 is 0 Å². The van der Waals surface area contributed by atoms with Crippen LogP contribution in [0.1, 0.15) is 23.1 Å². The molecule has 7 heteroatoms. The number of amides is 1. The molecule has 0 saturated carbocycles. The van der Waals surface area contributed by atoms with Crippen LogP contribution in [-0.2, 0) is 6.54 Å². The SMILES string of the molecule is CCOc1cc(C(=O)NCc2nncn2-c2ccccc2)ccc1OC. The third-order valence-electron chi connectivity index (χ3n) is 3.79. The molecule has 0 saturated heterocycles. The van der Waals surface area contributed by atoms with Gasteiger partial charge in [-0.25, -0.2) is 0 Å². The molecule has 134 valence electrons. The van der Waals surface area contributed by atoms with Crippen LogP contribution < -0.4 is 14.8 Å². The van der Waals surface area contributed by atoms with E-state index in [1.807, 2.05) is 41.8 Å². The lowest BCUT2D eigenvalue weighted by Crippen LogP contribution is -2.24. The lowest BCUT2D eigenvalue weighted by molar-refractivity contribution is 0.0949. The van der Waals surface area contributed by atoms with Gasteiger partial charge in [0.1, 0.15) is 6.33 Å². The maximum Gasteiger partial charge on any atom is 0.251 e. The molecule has 0 spiro atoms. The zero-order valence-electron chi connectivity index (χ0n) is 14.7. The van der Waals surface area contributed by atoms with Crippen molar-refractivity contribution in [1.82, 2.24) is 20.1 Å². The largest absolute Gasteiger partial charge is 0.493 e. The summed E-state index contributed by atoms with van der Waals surface area (Å²) in [5.74, 6) is 1.54. The van der Waals surface area contributed by atoms with E-state index in [9.17, 15) is 4.79 Å². The molecule has 3 rings (SSSR count). The molecule has 1 N–H and O–H groups in total. The number of carbonyl (C=O) groups excluding carboxylic acids is 1. The second-order valence-electron chi connectivity index (χ2n) is 5.43. The van der Waals surface area contributed by atoms with Crippen LogP contribution in [0.25, 0.3) is 5.69 Å². The first-order valence-electron chi connectivity index (χ1n) is 8.26. The highest BCUT2D eigenvalue weighted by Gasteiger charge is 2.13. The predicted molar refractivity (Wildman–Crippen MR) is 96.7 cm³/mol. The fraction of sp³-hybridized carbons (Fsp3) is 0.211. The van der Waals surface area contributed by atoms with Crippen molar-refractivity contribution in [3.8, 4) is 17.2 Å². The van der Waals surface area contributed by atoms with Crippen LogP contribution in [0.2, 0.25) is 0 Å². The summed E-state index contributed by atoms with van der Waals surface area (Å²) in [6.07, 6.45) is 1.62. The fourth-order valence-electron chi connectivity index (χ4n) is 2.53. The third kappa shape index (κ3) is 3.83. The first-order chi connectivity index (χ1) is 12.7. The Labute approximate surface area is 151 Å². The summed E-state index contributed by atoms with van der Waals surface area (Å²) in [6, 6.07) is 14.8. The minimum Gasteiger partial charge on any atom is -0.493 e. The van der Waals surface area contributed by atoms with Crippen molar-refractivity contribution in [2.45, 2.75) is 13.5 Å². The van der Waals surface area contributed by atoms with Gasteiger partial charge < -0.3 is 14.8 Å². The number of nitrogens with zero attached hydrogens (tertiary/aromatic N) is 3. The van der Waals surface area contributed by atoms with E-state index in [4.69, 9.17) is 9.47 Å². The van der Waals surface area contributed by atoms with Gasteiger partial charge in [-0.2, -0.15) is 0 Å². The Hall–Kier alpha value is -3.35. The molecular weight excluding hydrogens is 332 g/mol. The molecule has 0 fully saturated rings. The van der Waals surface area contributed by atoms with E-state index in [0.717, 1.165) is 5.69 Å². The minimum absolute atomic E-state index is 0.226. The highest BCUT2D eigenvalue weighted by atomic mass is 16.5. The number of para-hydroxylation sites is 1. The molecule has 1 heterocycles. The van der Waals surface area contributed by atoms with Gasteiger partial charge in [-0.05, 0) is 37.3 Å². The lowest BCUT2D eigenvalue weighted by atomic mass is 10.2. The molecule has 0 unspecified atom stereocenters. The van der Waals surface area contributed by atoms with E-state index >= 15 is 0 Å². The summed E-state index contributed by atoms with van der Waals surface area (Å²) in [5, 5.41) is 10.9. The number of hydrogen-bond donors (Lipinski definition) is 1. The van der Waals surface area contributed by atoms with E-state index in [2.05, 4.69) is 15.5 Å². The van der Waals surface area contributed by atoms with E-state index in [1.54, 1.807) is 31.6 Å². The fourth-order valence-corrected chi connectivity index (χ4v) is 2.53. The molecule has 2 aromatic carbocycles. The Morgan fingerprint density at radius 3 is 2.69 bits per heavy atom. The molecule has 26 heavy (non-hydrogen) atoms. The molecule has 0 aliphatic heterocycles. The Morgan fingerprint density at radius 1 is 1.15 bits per heavy atom. The van der Waals surface area contributed by atoms with Crippen molar-refractivity contribution in [3.63, 3.8) is 0 Å². The van der Waals surface area contributed by atoms with Gasteiger partial charge in [0.25, 0.3) is 5.91 Å². The van der Waals surface area contributed by atoms with Gasteiger partial charge in [-0.15, -0.1) is 10.2 Å². The lowest BCUT2D eigenvalue weighted by Gasteiger charge is -2.11. The first-order valence-corrected chi connectivity index (χ1v) is 8.26. The second-order valence-corrected chi connectivity index (χ2v) is 5.43. The van der Waals surface area contributed by atoms with E-state index in [0.29, 0.717) is 29.5 Å². The van der Waals surface area contributed by atoms with Crippen LogP contribution in [0.3, 0.4) is 0 Å². The minimum atomic E-state index is -0.226. The summed E-state index contributed by atoms with van der Waals surface area (Å²) in [7, 11) is 1.56. The molecule has 0 atom stereocenters. The van der Waals surface area contributed by atoms with Gasteiger partial charge in [0.05, 0.1) is 20.3 Å². The second kappa shape index (κ2) is 8.15. The summed E-state index contributed by atoms with van der Waals surface area (Å²) >= 11 is 0. The summed E-state index contributed by atoms with van der Waals surface area (Å²) < 4.78 is 12.6. The third-order valence-corrected chi connectivity index (χ3v) is 3.79. The van der Waals surface area contributed by atoms with Gasteiger partial charge in [0, 0.05) is 11.3 Å². The van der Waals surface area contributed by atoms with Gasteiger partial charge in [-0.1, -0.05) is 18.2 Å². The van der Waals surface area contributed by atoms with Crippen LogP contribution in [0, 0.1) is 0 Å². The number of carbonyl (C=O) groups is 1. The smallest absolute Gasteiger partial charge is 0.251 e. The number of rotatable bonds is 7. The number of benzene rings is 2. The van der Waals surface area contributed by atoms with Gasteiger partial charge >= 0.3 is 0 Å². The van der Waals surface area contributed by atoms with Crippen LogP contribution in [0.15, 0.2) is 54.9 Å². The number of hydrogen-bond acceptors (Lipinski definition) is 5. The van der Waals surface area contributed by atoms with Gasteiger partial charge in [0.15, 0.2) is 17.3 Å². The molecule has 7 nitrogen and oxygen atoms in total. The Balaban J connectivity index is 1.72. The molecule has 0 bridgehead atoms. The topological polar surface area (TPSA) is 78.3 Å². The highest BCUT2D eigenvalue weighted by molar-refractivity contribution is 5.94. The average Bonchev–Trinajstić information content (AvgIpc) is 3.15. The molecule has 0 aliphatic carbocycles. The summed E-state index contributed by atoms with van der Waals surface area (Å²) in [6.45, 7) is 2.62. The predicted octanol–water partition coefficient (Wildman–Crippen LogP) is 2.60.